The van der Waals surface area contributed by atoms with Gasteiger partial charge in [0.1, 0.15) is 0 Å². The van der Waals surface area contributed by atoms with Crippen LogP contribution in [0.1, 0.15) is 0 Å². The molecule has 0 aliphatic rings. The van der Waals surface area contributed by atoms with E-state index < -0.39 is 0 Å². The molecule has 2 rings (SSSR count). The van der Waals surface area contributed by atoms with Crippen molar-refractivity contribution >= 4 is 11.6 Å². The summed E-state index contributed by atoms with van der Waals surface area (Å²) in [4.78, 5) is 6.67. The Balaban J connectivity index is 2.55. The number of imidazole rings is 1. The van der Waals surface area contributed by atoms with Crippen molar-refractivity contribution in [1.82, 2.24) is 9.97 Å². The summed E-state index contributed by atoms with van der Waals surface area (Å²) in [6.07, 6.45) is 4.32. The first-order chi connectivity index (χ1) is 5.88. The number of halogens is 1. The first-order valence-electron chi connectivity index (χ1n) is 3.54. The number of aromatic nitrogens is 2. The molecule has 1 radical (unpaired) electrons. The highest BCUT2D eigenvalue weighted by atomic mass is 35.5. The normalized spacial score (nSPS) is 10.1. The van der Waals surface area contributed by atoms with Crippen LogP contribution in [0.25, 0.3) is 11.3 Å². The predicted octanol–water partition coefficient (Wildman–Crippen LogP) is 2.53. The van der Waals surface area contributed by atoms with Gasteiger partial charge in [-0.25, -0.2) is 4.98 Å². The van der Waals surface area contributed by atoms with Crippen LogP contribution in [0.3, 0.4) is 0 Å². The number of nitrogens with one attached hydrogen (secondary N) is 1. The molecule has 0 saturated carbocycles. The van der Waals surface area contributed by atoms with E-state index in [9.17, 15) is 0 Å². The Morgan fingerprint density at radius 2 is 2.17 bits per heavy atom. The molecule has 1 heterocycles. The van der Waals surface area contributed by atoms with Crippen molar-refractivity contribution in [3.05, 3.63) is 41.8 Å². The van der Waals surface area contributed by atoms with E-state index in [4.69, 9.17) is 11.6 Å². The summed E-state index contributed by atoms with van der Waals surface area (Å²) >= 11 is 5.95. The van der Waals surface area contributed by atoms with Crippen LogP contribution in [0.4, 0.5) is 0 Å². The van der Waals surface area contributed by atoms with Gasteiger partial charge >= 0.3 is 0 Å². The molecule has 1 N–H and O–H groups in total. The van der Waals surface area contributed by atoms with Gasteiger partial charge in [-0.1, -0.05) is 29.8 Å². The predicted molar refractivity (Wildman–Crippen MR) is 47.9 cm³/mol. The van der Waals surface area contributed by atoms with E-state index in [-0.39, 0.29) is 0 Å². The van der Waals surface area contributed by atoms with E-state index in [2.05, 4.69) is 16.3 Å². The van der Waals surface area contributed by atoms with Gasteiger partial charge in [-0.2, -0.15) is 0 Å². The lowest BCUT2D eigenvalue weighted by Crippen LogP contribution is -1.77. The third-order valence-electron chi connectivity index (χ3n) is 1.61. The van der Waals surface area contributed by atoms with Crippen LogP contribution >= 0.6 is 11.6 Å². The van der Waals surface area contributed by atoms with Gasteiger partial charge in [0.25, 0.3) is 0 Å². The van der Waals surface area contributed by atoms with E-state index in [1.165, 1.54) is 0 Å². The Morgan fingerprint density at radius 3 is 2.83 bits per heavy atom. The van der Waals surface area contributed by atoms with Gasteiger partial charge < -0.3 is 4.98 Å². The van der Waals surface area contributed by atoms with E-state index in [0.29, 0.717) is 0 Å². The van der Waals surface area contributed by atoms with Crippen LogP contribution in [0.2, 0.25) is 5.02 Å². The zero-order chi connectivity index (χ0) is 8.39. The Kier molecular flexibility index (Phi) is 1.84. The van der Waals surface area contributed by atoms with Crippen molar-refractivity contribution in [2.45, 2.75) is 0 Å². The second-order valence-corrected chi connectivity index (χ2v) is 2.80. The molecule has 0 spiro atoms. The minimum absolute atomic E-state index is 0.718. The molecule has 3 heteroatoms. The lowest BCUT2D eigenvalue weighted by Gasteiger charge is -1.98. The SMILES string of the molecule is Clc1ccccc1-c1cn[c][nH]1. The molecular weight excluding hydrogens is 172 g/mol. The number of rotatable bonds is 1. The van der Waals surface area contributed by atoms with Crippen molar-refractivity contribution in [3.8, 4) is 11.3 Å². The summed E-state index contributed by atoms with van der Waals surface area (Å²) in [5.41, 5.74) is 1.84. The first kappa shape index (κ1) is 7.37. The zero-order valence-electron chi connectivity index (χ0n) is 6.21. The minimum atomic E-state index is 0.718. The monoisotopic (exact) mass is 177 g/mol. The molecule has 1 aromatic carbocycles. The Labute approximate surface area is 75.2 Å². The zero-order valence-corrected chi connectivity index (χ0v) is 6.97. The molecule has 59 valence electrons. The number of hydrogen-bond donors (Lipinski definition) is 1. The summed E-state index contributed by atoms with van der Waals surface area (Å²) in [5.74, 6) is 0. The maximum atomic E-state index is 5.95. The number of nitrogens with zero attached hydrogens (tertiary/aromatic N) is 1. The molecule has 2 nitrogen and oxygen atoms in total. The van der Waals surface area contributed by atoms with Gasteiger partial charge in [-0.3, -0.25) is 0 Å². The summed E-state index contributed by atoms with van der Waals surface area (Å²) in [5, 5.41) is 0.718. The van der Waals surface area contributed by atoms with Crippen LogP contribution in [0, 0.1) is 6.33 Å². The second-order valence-electron chi connectivity index (χ2n) is 2.39. The van der Waals surface area contributed by atoms with Gasteiger partial charge in [-0.05, 0) is 6.07 Å². The molecule has 0 fully saturated rings. The van der Waals surface area contributed by atoms with Crippen molar-refractivity contribution in [2.24, 2.45) is 0 Å². The van der Waals surface area contributed by atoms with Crippen molar-refractivity contribution in [3.63, 3.8) is 0 Å². The van der Waals surface area contributed by atoms with Crippen molar-refractivity contribution in [2.75, 3.05) is 0 Å². The lowest BCUT2D eigenvalue weighted by atomic mass is 10.2. The first-order valence-corrected chi connectivity index (χ1v) is 3.91. The van der Waals surface area contributed by atoms with Gasteiger partial charge in [0.15, 0.2) is 6.33 Å². The number of H-pyrrole nitrogens is 1. The summed E-state index contributed by atoms with van der Waals surface area (Å²) in [6, 6.07) is 7.61. The van der Waals surface area contributed by atoms with Gasteiger partial charge in [-0.15, -0.1) is 0 Å². The standard InChI is InChI=1S/C9H6ClN2/c10-8-4-2-1-3-7(8)9-5-11-6-12-9/h1-5H,(H,11,12). The minimum Gasteiger partial charge on any atom is -0.335 e. The van der Waals surface area contributed by atoms with Gasteiger partial charge in [0, 0.05) is 10.6 Å². The highest BCUT2D eigenvalue weighted by Crippen LogP contribution is 2.24. The second kappa shape index (κ2) is 2.99. The van der Waals surface area contributed by atoms with Crippen LogP contribution in [-0.2, 0) is 0 Å². The molecule has 12 heavy (non-hydrogen) atoms. The third-order valence-corrected chi connectivity index (χ3v) is 1.94. The fourth-order valence-electron chi connectivity index (χ4n) is 1.04. The van der Waals surface area contributed by atoms with E-state index in [0.717, 1.165) is 16.3 Å². The molecule has 0 bridgehead atoms. The molecular formula is C9H6ClN2. The van der Waals surface area contributed by atoms with E-state index in [1.807, 2.05) is 24.3 Å². The summed E-state index contributed by atoms with van der Waals surface area (Å²) in [6.45, 7) is 0. The summed E-state index contributed by atoms with van der Waals surface area (Å²) in [7, 11) is 0. The Bertz CT molecular complexity index is 368. The molecule has 0 atom stereocenters. The Hall–Kier alpha value is -1.28. The smallest absolute Gasteiger partial charge is 0.174 e. The average molecular weight is 178 g/mol. The fourth-order valence-corrected chi connectivity index (χ4v) is 1.28. The maximum Gasteiger partial charge on any atom is 0.174 e. The van der Waals surface area contributed by atoms with Crippen molar-refractivity contribution in [1.29, 1.82) is 0 Å². The number of aromatic amines is 1. The quantitative estimate of drug-likeness (QED) is 0.713. The van der Waals surface area contributed by atoms with Crippen LogP contribution < -0.4 is 0 Å². The van der Waals surface area contributed by atoms with E-state index >= 15 is 0 Å². The van der Waals surface area contributed by atoms with Gasteiger partial charge in [0.2, 0.25) is 0 Å². The lowest BCUT2D eigenvalue weighted by molar-refractivity contribution is 1.29. The number of benzene rings is 1. The molecule has 1 aromatic heterocycles. The molecule has 2 aromatic rings. The largest absolute Gasteiger partial charge is 0.335 e. The topological polar surface area (TPSA) is 28.7 Å². The Morgan fingerprint density at radius 1 is 1.33 bits per heavy atom. The molecule has 0 amide bonds. The van der Waals surface area contributed by atoms with Crippen molar-refractivity contribution < 1.29 is 0 Å². The third kappa shape index (κ3) is 1.21. The van der Waals surface area contributed by atoms with Crippen LogP contribution in [0.15, 0.2) is 30.5 Å². The number of hydrogen-bond acceptors (Lipinski definition) is 1. The highest BCUT2D eigenvalue weighted by molar-refractivity contribution is 6.33. The highest BCUT2D eigenvalue weighted by Gasteiger charge is 2.01. The molecule has 0 aliphatic carbocycles. The summed E-state index contributed by atoms with van der Waals surface area (Å²) < 4.78 is 0. The average Bonchev–Trinajstić information content (AvgIpc) is 2.57. The molecule has 0 saturated heterocycles. The van der Waals surface area contributed by atoms with E-state index in [1.54, 1.807) is 6.20 Å². The van der Waals surface area contributed by atoms with Crippen LogP contribution in [-0.4, -0.2) is 9.97 Å². The molecule has 0 aliphatic heterocycles. The molecule has 0 unspecified atom stereocenters. The maximum absolute atomic E-state index is 5.95. The fraction of sp³-hybridized carbons (Fsp3) is 0. The van der Waals surface area contributed by atoms with Crippen LogP contribution in [0.5, 0.6) is 0 Å². The van der Waals surface area contributed by atoms with Gasteiger partial charge in [0.05, 0.1) is 11.9 Å².